The molecular formula is C15H23FN2O. The summed E-state index contributed by atoms with van der Waals surface area (Å²) in [5.74, 6) is -0.0446. The number of anilines is 1. The van der Waals surface area contributed by atoms with Crippen LogP contribution in [0.3, 0.4) is 0 Å². The van der Waals surface area contributed by atoms with Gasteiger partial charge in [-0.3, -0.25) is 4.79 Å². The van der Waals surface area contributed by atoms with Crippen LogP contribution in [0, 0.1) is 11.7 Å². The van der Waals surface area contributed by atoms with Crippen molar-refractivity contribution in [2.24, 2.45) is 5.92 Å². The number of carbonyl (C=O) groups is 1. The topological polar surface area (TPSA) is 32.3 Å². The SMILES string of the molecule is CNc1c(F)cccc1C(=O)N(C)C(C)CC(C)C. The number of nitrogens with one attached hydrogen (secondary N) is 1. The van der Waals surface area contributed by atoms with Gasteiger partial charge < -0.3 is 10.2 Å². The van der Waals surface area contributed by atoms with Gasteiger partial charge in [0.1, 0.15) is 5.82 Å². The first-order valence-electron chi connectivity index (χ1n) is 6.61. The Hall–Kier alpha value is -1.58. The zero-order valence-electron chi connectivity index (χ0n) is 12.3. The molecule has 3 nitrogen and oxygen atoms in total. The molecule has 0 saturated heterocycles. The number of benzene rings is 1. The normalized spacial score (nSPS) is 12.4. The summed E-state index contributed by atoms with van der Waals surface area (Å²) in [4.78, 5) is 14.1. The van der Waals surface area contributed by atoms with Crippen LogP contribution in [0.25, 0.3) is 0 Å². The molecule has 0 aliphatic carbocycles. The van der Waals surface area contributed by atoms with E-state index in [0.717, 1.165) is 6.42 Å². The smallest absolute Gasteiger partial charge is 0.256 e. The second-order valence-electron chi connectivity index (χ2n) is 5.31. The van der Waals surface area contributed by atoms with Crippen LogP contribution in [0.5, 0.6) is 0 Å². The Kier molecular flexibility index (Phi) is 5.33. The van der Waals surface area contributed by atoms with Crippen LogP contribution in [-0.4, -0.2) is 30.9 Å². The quantitative estimate of drug-likeness (QED) is 0.886. The first-order valence-corrected chi connectivity index (χ1v) is 6.61. The highest BCUT2D eigenvalue weighted by Gasteiger charge is 2.21. The zero-order chi connectivity index (χ0) is 14.6. The van der Waals surface area contributed by atoms with Gasteiger partial charge in [-0.05, 0) is 31.4 Å². The molecule has 4 heteroatoms. The molecule has 0 heterocycles. The van der Waals surface area contributed by atoms with Crippen molar-refractivity contribution in [1.82, 2.24) is 4.90 Å². The molecule has 0 fully saturated rings. The van der Waals surface area contributed by atoms with Crippen LogP contribution in [0.1, 0.15) is 37.6 Å². The minimum atomic E-state index is -0.404. The van der Waals surface area contributed by atoms with Crippen molar-refractivity contribution in [3.05, 3.63) is 29.6 Å². The largest absolute Gasteiger partial charge is 0.385 e. The Morgan fingerprint density at radius 2 is 2.00 bits per heavy atom. The monoisotopic (exact) mass is 266 g/mol. The maximum Gasteiger partial charge on any atom is 0.256 e. The number of carbonyl (C=O) groups excluding carboxylic acids is 1. The Morgan fingerprint density at radius 3 is 2.53 bits per heavy atom. The van der Waals surface area contributed by atoms with Gasteiger partial charge >= 0.3 is 0 Å². The van der Waals surface area contributed by atoms with Crippen molar-refractivity contribution in [3.8, 4) is 0 Å². The summed E-state index contributed by atoms with van der Waals surface area (Å²) in [6.45, 7) is 6.25. The summed E-state index contributed by atoms with van der Waals surface area (Å²) in [5, 5.41) is 2.76. The highest BCUT2D eigenvalue weighted by Crippen LogP contribution is 2.22. The molecule has 0 aliphatic heterocycles. The Morgan fingerprint density at radius 1 is 1.37 bits per heavy atom. The maximum absolute atomic E-state index is 13.7. The Labute approximate surface area is 114 Å². The molecule has 0 radical (unpaired) electrons. The van der Waals surface area contributed by atoms with Gasteiger partial charge in [0, 0.05) is 20.1 Å². The van der Waals surface area contributed by atoms with Gasteiger partial charge in [0.25, 0.3) is 5.91 Å². The second-order valence-corrected chi connectivity index (χ2v) is 5.31. The molecule has 19 heavy (non-hydrogen) atoms. The number of para-hydroxylation sites is 1. The molecule has 0 aliphatic rings. The van der Waals surface area contributed by atoms with Gasteiger partial charge in [-0.2, -0.15) is 0 Å². The fourth-order valence-corrected chi connectivity index (χ4v) is 2.19. The highest BCUT2D eigenvalue weighted by molar-refractivity contribution is 5.99. The minimum Gasteiger partial charge on any atom is -0.385 e. The van der Waals surface area contributed by atoms with Gasteiger partial charge in [-0.15, -0.1) is 0 Å². The van der Waals surface area contributed by atoms with Gasteiger partial charge in [0.2, 0.25) is 0 Å². The van der Waals surface area contributed by atoms with E-state index in [1.54, 1.807) is 31.1 Å². The average Bonchev–Trinajstić information content (AvgIpc) is 2.35. The number of hydrogen-bond acceptors (Lipinski definition) is 2. The van der Waals surface area contributed by atoms with E-state index in [-0.39, 0.29) is 17.6 Å². The Bertz CT molecular complexity index is 446. The van der Waals surface area contributed by atoms with E-state index in [1.165, 1.54) is 6.07 Å². The van der Waals surface area contributed by atoms with E-state index < -0.39 is 5.82 Å². The summed E-state index contributed by atoms with van der Waals surface area (Å²) in [7, 11) is 3.38. The molecular weight excluding hydrogens is 243 g/mol. The summed E-state index contributed by atoms with van der Waals surface area (Å²) in [6, 6.07) is 4.68. The highest BCUT2D eigenvalue weighted by atomic mass is 19.1. The fourth-order valence-electron chi connectivity index (χ4n) is 2.19. The molecule has 1 aromatic rings. The third-order valence-corrected chi connectivity index (χ3v) is 3.29. The van der Waals surface area contributed by atoms with Crippen molar-refractivity contribution in [3.63, 3.8) is 0 Å². The van der Waals surface area contributed by atoms with Crippen molar-refractivity contribution in [2.45, 2.75) is 33.2 Å². The van der Waals surface area contributed by atoms with Gasteiger partial charge in [-0.1, -0.05) is 19.9 Å². The molecule has 1 aromatic carbocycles. The van der Waals surface area contributed by atoms with Gasteiger partial charge in [0.05, 0.1) is 11.3 Å². The molecule has 106 valence electrons. The van der Waals surface area contributed by atoms with E-state index in [9.17, 15) is 9.18 Å². The third kappa shape index (κ3) is 3.69. The Balaban J connectivity index is 2.97. The minimum absolute atomic E-state index is 0.125. The molecule has 1 unspecified atom stereocenters. The van der Waals surface area contributed by atoms with Crippen molar-refractivity contribution >= 4 is 11.6 Å². The van der Waals surface area contributed by atoms with Gasteiger partial charge in [-0.25, -0.2) is 4.39 Å². The third-order valence-electron chi connectivity index (χ3n) is 3.29. The number of nitrogens with zero attached hydrogens (tertiary/aromatic N) is 1. The molecule has 0 saturated carbocycles. The van der Waals surface area contributed by atoms with Crippen LogP contribution in [0.15, 0.2) is 18.2 Å². The predicted molar refractivity (Wildman–Crippen MR) is 77.0 cm³/mol. The molecule has 0 bridgehead atoms. The van der Waals surface area contributed by atoms with Crippen LogP contribution in [0.2, 0.25) is 0 Å². The lowest BCUT2D eigenvalue weighted by molar-refractivity contribution is 0.0729. The lowest BCUT2D eigenvalue weighted by atomic mass is 10.0. The fraction of sp³-hybridized carbons (Fsp3) is 0.533. The summed E-state index contributed by atoms with van der Waals surface area (Å²) >= 11 is 0. The van der Waals surface area contributed by atoms with Crippen LogP contribution in [0.4, 0.5) is 10.1 Å². The van der Waals surface area contributed by atoms with Crippen molar-refractivity contribution in [1.29, 1.82) is 0 Å². The van der Waals surface area contributed by atoms with Crippen LogP contribution < -0.4 is 5.32 Å². The summed E-state index contributed by atoms with van der Waals surface area (Å²) in [5.41, 5.74) is 0.636. The van der Waals surface area contributed by atoms with Crippen molar-refractivity contribution < 1.29 is 9.18 Å². The standard InChI is InChI=1S/C15H23FN2O/c1-10(2)9-11(3)18(5)15(19)12-7-6-8-13(16)14(12)17-4/h6-8,10-11,17H,9H2,1-5H3. The number of amides is 1. The molecule has 1 atom stereocenters. The van der Waals surface area contributed by atoms with E-state index >= 15 is 0 Å². The van der Waals surface area contributed by atoms with Crippen molar-refractivity contribution in [2.75, 3.05) is 19.4 Å². The van der Waals surface area contributed by atoms with Crippen LogP contribution in [-0.2, 0) is 0 Å². The van der Waals surface area contributed by atoms with E-state index in [4.69, 9.17) is 0 Å². The lowest BCUT2D eigenvalue weighted by Crippen LogP contribution is -2.36. The number of hydrogen-bond donors (Lipinski definition) is 1. The number of halogens is 1. The van der Waals surface area contributed by atoms with E-state index in [1.807, 2.05) is 6.92 Å². The molecule has 1 amide bonds. The molecule has 1 N–H and O–H groups in total. The maximum atomic E-state index is 13.7. The second kappa shape index (κ2) is 6.55. The average molecular weight is 266 g/mol. The van der Waals surface area contributed by atoms with Crippen LogP contribution >= 0.6 is 0 Å². The number of rotatable bonds is 5. The zero-order valence-corrected chi connectivity index (χ0v) is 12.3. The lowest BCUT2D eigenvalue weighted by Gasteiger charge is -2.27. The van der Waals surface area contributed by atoms with Gasteiger partial charge in [0.15, 0.2) is 0 Å². The first-order chi connectivity index (χ1) is 8.88. The summed E-state index contributed by atoms with van der Waals surface area (Å²) < 4.78 is 13.7. The molecule has 0 aromatic heterocycles. The summed E-state index contributed by atoms with van der Waals surface area (Å²) in [6.07, 6.45) is 0.923. The molecule has 0 spiro atoms. The first kappa shape index (κ1) is 15.5. The van der Waals surface area contributed by atoms with E-state index in [2.05, 4.69) is 19.2 Å². The predicted octanol–water partition coefficient (Wildman–Crippen LogP) is 3.37. The molecule has 1 rings (SSSR count). The van der Waals surface area contributed by atoms with E-state index in [0.29, 0.717) is 11.5 Å².